The van der Waals surface area contributed by atoms with Crippen LogP contribution in [0.3, 0.4) is 0 Å². The second-order valence-electron chi connectivity index (χ2n) is 2.72. The van der Waals surface area contributed by atoms with Crippen molar-refractivity contribution in [3.63, 3.8) is 0 Å². The average molecular weight is 223 g/mol. The highest BCUT2D eigenvalue weighted by Crippen LogP contribution is 2.12. The fourth-order valence-electron chi connectivity index (χ4n) is 0.910. The Morgan fingerprint density at radius 1 is 1.12 bits per heavy atom. The van der Waals surface area contributed by atoms with Crippen LogP contribution in [0.2, 0.25) is 0 Å². The van der Waals surface area contributed by atoms with Crippen molar-refractivity contribution >= 4 is 23.6 Å². The lowest BCUT2D eigenvalue weighted by molar-refractivity contribution is 0.186. The van der Waals surface area contributed by atoms with Crippen LogP contribution >= 0.6 is 0 Å². The highest BCUT2D eigenvalue weighted by atomic mass is 16.5. The summed E-state index contributed by atoms with van der Waals surface area (Å²) in [5.41, 5.74) is 0.963. The van der Waals surface area contributed by atoms with Gasteiger partial charge in [-0.3, -0.25) is 10.6 Å². The van der Waals surface area contributed by atoms with Crippen LogP contribution in [0.5, 0.6) is 0 Å². The van der Waals surface area contributed by atoms with Crippen molar-refractivity contribution in [2.75, 3.05) is 24.9 Å². The van der Waals surface area contributed by atoms with Gasteiger partial charge in [-0.15, -0.1) is 0 Å². The molecular weight excluding hydrogens is 212 g/mol. The minimum atomic E-state index is -0.579. The summed E-state index contributed by atoms with van der Waals surface area (Å²) in [5.74, 6) is 0. The average Bonchev–Trinajstić information content (AvgIpc) is 2.31. The molecule has 0 aliphatic heterocycles. The first kappa shape index (κ1) is 11.8. The number of hydrogen-bond donors (Lipinski definition) is 2. The predicted molar refractivity (Wildman–Crippen MR) is 57.3 cm³/mol. The monoisotopic (exact) mass is 223 g/mol. The van der Waals surface area contributed by atoms with E-state index in [-0.39, 0.29) is 0 Å². The van der Waals surface area contributed by atoms with E-state index in [0.717, 1.165) is 0 Å². The molecule has 1 aromatic carbocycles. The molecule has 6 heteroatoms. The molecule has 0 atom stereocenters. The normalized spacial score (nSPS) is 9.12. The quantitative estimate of drug-likeness (QED) is 0.802. The van der Waals surface area contributed by atoms with Crippen molar-refractivity contribution in [2.45, 2.75) is 0 Å². The van der Waals surface area contributed by atoms with Gasteiger partial charge in [0.1, 0.15) is 0 Å². The number of benzene rings is 1. The first-order valence-electron chi connectivity index (χ1n) is 4.37. The number of carbonyl (C=O) groups is 2. The molecule has 0 aromatic heterocycles. The molecule has 0 spiro atoms. The first-order valence-corrected chi connectivity index (χ1v) is 4.37. The molecule has 0 aliphatic carbocycles. The smallest absolute Gasteiger partial charge is 0.411 e. The number of nitrogens with one attached hydrogen (secondary N) is 2. The van der Waals surface area contributed by atoms with E-state index in [2.05, 4.69) is 26.2 Å². The molecule has 1 radical (unpaired) electrons. The lowest BCUT2D eigenvalue weighted by Gasteiger charge is -2.05. The SMILES string of the molecule is COC(=O)Nc1[c]cc(NC(=O)OC)cc1. The summed E-state index contributed by atoms with van der Waals surface area (Å²) < 4.78 is 8.82. The number of hydrogen-bond acceptors (Lipinski definition) is 4. The second kappa shape index (κ2) is 5.59. The maximum Gasteiger partial charge on any atom is 0.411 e. The zero-order valence-electron chi connectivity index (χ0n) is 8.87. The van der Waals surface area contributed by atoms with E-state index >= 15 is 0 Å². The van der Waals surface area contributed by atoms with E-state index < -0.39 is 12.2 Å². The molecule has 1 rings (SSSR count). The fraction of sp³-hybridized carbons (Fsp3) is 0.200. The van der Waals surface area contributed by atoms with Crippen molar-refractivity contribution in [3.8, 4) is 0 Å². The highest BCUT2D eigenvalue weighted by Gasteiger charge is 2.02. The summed E-state index contributed by atoms with van der Waals surface area (Å²) in [7, 11) is 2.54. The Bertz CT molecular complexity index is 338. The van der Waals surface area contributed by atoms with Gasteiger partial charge in [0.15, 0.2) is 0 Å². The fourth-order valence-corrected chi connectivity index (χ4v) is 0.910. The van der Waals surface area contributed by atoms with Gasteiger partial charge in [0.05, 0.1) is 19.9 Å². The Kier molecular flexibility index (Phi) is 4.14. The van der Waals surface area contributed by atoms with E-state index in [9.17, 15) is 9.59 Å². The topological polar surface area (TPSA) is 76.7 Å². The molecule has 0 aliphatic rings. The third kappa shape index (κ3) is 3.49. The van der Waals surface area contributed by atoms with Crippen LogP contribution in [-0.4, -0.2) is 26.4 Å². The Balaban J connectivity index is 2.60. The predicted octanol–water partition coefficient (Wildman–Crippen LogP) is 1.84. The van der Waals surface area contributed by atoms with Gasteiger partial charge in [-0.05, 0) is 18.2 Å². The third-order valence-electron chi connectivity index (χ3n) is 1.67. The summed E-state index contributed by atoms with van der Waals surface area (Å²) in [5, 5.41) is 4.88. The van der Waals surface area contributed by atoms with Crippen LogP contribution in [0.15, 0.2) is 18.2 Å². The van der Waals surface area contributed by atoms with Gasteiger partial charge < -0.3 is 9.47 Å². The van der Waals surface area contributed by atoms with E-state index in [1.165, 1.54) is 20.3 Å². The van der Waals surface area contributed by atoms with Gasteiger partial charge >= 0.3 is 12.2 Å². The Morgan fingerprint density at radius 3 is 2.25 bits per heavy atom. The summed E-state index contributed by atoms with van der Waals surface area (Å²) in [6, 6.07) is 7.42. The molecule has 16 heavy (non-hydrogen) atoms. The standard InChI is InChI=1S/C10H11N2O4/c1-15-9(13)11-7-3-5-8(6-4-7)12-10(14)16-2/h3-5H,1-2H3,(H,11,13)(H,12,14). The number of ether oxygens (including phenoxy) is 2. The van der Waals surface area contributed by atoms with E-state index in [1.807, 2.05) is 0 Å². The number of carbonyl (C=O) groups excluding carboxylic acids is 2. The van der Waals surface area contributed by atoms with Gasteiger partial charge in [0.2, 0.25) is 0 Å². The molecular formula is C10H11N2O4. The summed E-state index contributed by atoms with van der Waals surface area (Å²) >= 11 is 0. The number of rotatable bonds is 2. The molecule has 1 aromatic rings. The first-order chi connectivity index (χ1) is 7.65. The van der Waals surface area contributed by atoms with Crippen LogP contribution in [-0.2, 0) is 9.47 Å². The number of anilines is 2. The molecule has 0 unspecified atom stereocenters. The van der Waals surface area contributed by atoms with Crippen LogP contribution in [0, 0.1) is 6.07 Å². The van der Waals surface area contributed by atoms with Crippen molar-refractivity contribution in [3.05, 3.63) is 24.3 Å². The largest absolute Gasteiger partial charge is 0.453 e. The lowest BCUT2D eigenvalue weighted by Crippen LogP contribution is -2.12. The minimum Gasteiger partial charge on any atom is -0.453 e. The van der Waals surface area contributed by atoms with Gasteiger partial charge in [-0.1, -0.05) is 0 Å². The van der Waals surface area contributed by atoms with Gasteiger partial charge in [0, 0.05) is 11.8 Å². The molecule has 0 saturated carbocycles. The van der Waals surface area contributed by atoms with Crippen LogP contribution < -0.4 is 10.6 Å². The van der Waals surface area contributed by atoms with Crippen molar-refractivity contribution in [2.24, 2.45) is 0 Å². The van der Waals surface area contributed by atoms with Crippen LogP contribution in [0.1, 0.15) is 0 Å². The zero-order chi connectivity index (χ0) is 12.0. The van der Waals surface area contributed by atoms with Crippen LogP contribution in [0.25, 0.3) is 0 Å². The molecule has 0 bridgehead atoms. The maximum atomic E-state index is 10.9. The Hall–Kier alpha value is -2.24. The number of amides is 2. The highest BCUT2D eigenvalue weighted by molar-refractivity contribution is 5.86. The zero-order valence-corrected chi connectivity index (χ0v) is 8.87. The van der Waals surface area contributed by atoms with Gasteiger partial charge in [-0.25, -0.2) is 9.59 Å². The van der Waals surface area contributed by atoms with E-state index in [4.69, 9.17) is 0 Å². The van der Waals surface area contributed by atoms with Crippen LogP contribution in [0.4, 0.5) is 21.0 Å². The van der Waals surface area contributed by atoms with Crippen molar-refractivity contribution in [1.29, 1.82) is 0 Å². The summed E-state index contributed by atoms with van der Waals surface area (Å²) in [6.45, 7) is 0. The van der Waals surface area contributed by atoms with Gasteiger partial charge in [0.25, 0.3) is 0 Å². The molecule has 0 heterocycles. The molecule has 2 amide bonds. The van der Waals surface area contributed by atoms with E-state index in [1.54, 1.807) is 12.1 Å². The number of methoxy groups -OCH3 is 2. The Morgan fingerprint density at radius 2 is 1.75 bits per heavy atom. The molecule has 6 nitrogen and oxygen atoms in total. The second-order valence-corrected chi connectivity index (χ2v) is 2.72. The molecule has 85 valence electrons. The Labute approximate surface area is 92.5 Å². The van der Waals surface area contributed by atoms with Crippen molar-refractivity contribution < 1.29 is 19.1 Å². The van der Waals surface area contributed by atoms with Gasteiger partial charge in [-0.2, -0.15) is 0 Å². The maximum absolute atomic E-state index is 10.9. The molecule has 0 fully saturated rings. The summed E-state index contributed by atoms with van der Waals surface area (Å²) in [6.07, 6.45) is -1.15. The summed E-state index contributed by atoms with van der Waals surface area (Å²) in [4.78, 5) is 21.7. The minimum absolute atomic E-state index is 0.447. The molecule has 0 saturated heterocycles. The lowest BCUT2D eigenvalue weighted by atomic mass is 10.3. The van der Waals surface area contributed by atoms with Crippen molar-refractivity contribution in [1.82, 2.24) is 0 Å². The third-order valence-corrected chi connectivity index (χ3v) is 1.67. The molecule has 2 N–H and O–H groups in total. The van der Waals surface area contributed by atoms with E-state index in [0.29, 0.717) is 11.4 Å².